The Morgan fingerprint density at radius 3 is 1.33 bits per heavy atom. The molecule has 0 fully saturated rings. The first-order chi connectivity index (χ1) is 10.9. The summed E-state index contributed by atoms with van der Waals surface area (Å²) in [6.45, 7) is 0. The topological polar surface area (TPSA) is 0 Å². The van der Waals surface area contributed by atoms with Crippen molar-refractivity contribution < 1.29 is 37.7 Å². The van der Waals surface area contributed by atoms with Crippen LogP contribution >= 0.6 is 7.92 Å². The second-order valence-corrected chi connectivity index (χ2v) is 7.10. The van der Waals surface area contributed by atoms with Gasteiger partial charge in [-0.15, -0.1) is 24.3 Å². The Hall–Kier alpha value is -0.975. The summed E-state index contributed by atoms with van der Waals surface area (Å²) in [5.41, 5.74) is 4.00. The molecule has 0 nitrogen and oxygen atoms in total. The van der Waals surface area contributed by atoms with Crippen LogP contribution in [-0.2, 0) is 6.16 Å². The molecule has 3 aromatic carbocycles. The Kier molecular flexibility index (Phi) is 10.1. The van der Waals surface area contributed by atoms with Gasteiger partial charge >= 0.3 is 37.7 Å². The summed E-state index contributed by atoms with van der Waals surface area (Å²) in [5, 5.41) is 0. The van der Waals surface area contributed by atoms with E-state index >= 15 is 0 Å². The third-order valence-corrected chi connectivity index (χ3v) is 5.43. The summed E-state index contributed by atoms with van der Waals surface area (Å²) in [6, 6.07) is 32.0. The van der Waals surface area contributed by atoms with E-state index in [-0.39, 0.29) is 45.6 Å². The van der Waals surface area contributed by atoms with Gasteiger partial charge in [0, 0.05) is 0 Å². The summed E-state index contributed by atoms with van der Waals surface area (Å²) < 4.78 is 0. The summed E-state index contributed by atoms with van der Waals surface area (Å²) in [4.78, 5) is 0. The van der Waals surface area contributed by atoms with E-state index in [0.29, 0.717) is 0 Å². The molecule has 3 rings (SSSR count). The van der Waals surface area contributed by atoms with E-state index in [2.05, 4.69) is 103 Å². The average molecular weight is 316 g/mol. The van der Waals surface area contributed by atoms with Gasteiger partial charge in [0.05, 0.1) is 0 Å². The van der Waals surface area contributed by atoms with E-state index in [0.717, 1.165) is 6.16 Å². The molecule has 0 bridgehead atoms. The molecular weight excluding hydrogens is 297 g/mol. The van der Waals surface area contributed by atoms with Gasteiger partial charge in [-0.2, -0.15) is 55.6 Å². The normalized spacial score (nSPS) is 9.54. The summed E-state index contributed by atoms with van der Waals surface area (Å²) in [6.07, 6.45) is 5.91. The molecule has 0 N–H and O–H groups in total. The molecule has 0 amide bonds. The van der Waals surface area contributed by atoms with Crippen molar-refractivity contribution in [2.45, 2.75) is 6.16 Å². The Balaban J connectivity index is 0.00000144. The third kappa shape index (κ3) is 6.87. The molecule has 0 spiro atoms. The molecule has 0 saturated carbocycles. The van der Waals surface area contributed by atoms with Crippen molar-refractivity contribution in [1.29, 1.82) is 0 Å². The first kappa shape index (κ1) is 21.1. The Morgan fingerprint density at radius 1 is 0.542 bits per heavy atom. The molecular formula is C21H19Li2P. The number of benzene rings is 3. The average Bonchev–Trinajstić information content (AvgIpc) is 2.57. The van der Waals surface area contributed by atoms with Crippen LogP contribution in [0.25, 0.3) is 0 Å². The van der Waals surface area contributed by atoms with Crippen LogP contribution in [0.3, 0.4) is 0 Å². The summed E-state index contributed by atoms with van der Waals surface area (Å²) in [7, 11) is -0.340. The van der Waals surface area contributed by atoms with E-state index in [1.807, 2.05) is 0 Å². The Morgan fingerprint density at radius 2 is 0.917 bits per heavy atom. The molecule has 24 heavy (non-hydrogen) atoms. The fourth-order valence-electron chi connectivity index (χ4n) is 2.38. The van der Waals surface area contributed by atoms with Gasteiger partial charge in [-0.1, -0.05) is 42.5 Å². The molecule has 3 heteroatoms. The van der Waals surface area contributed by atoms with Gasteiger partial charge in [0.1, 0.15) is 0 Å². The maximum absolute atomic E-state index is 2.41. The van der Waals surface area contributed by atoms with E-state index in [1.54, 1.807) is 0 Å². The number of rotatable bonds is 6. The van der Waals surface area contributed by atoms with Crippen molar-refractivity contribution in [1.82, 2.24) is 0 Å². The molecule has 3 aromatic rings. The van der Waals surface area contributed by atoms with E-state index in [1.165, 1.54) is 16.7 Å². The number of hydrogen-bond donors (Lipinski definition) is 0. The van der Waals surface area contributed by atoms with Crippen molar-refractivity contribution >= 4 is 7.92 Å². The summed E-state index contributed by atoms with van der Waals surface area (Å²) >= 11 is 0. The molecule has 0 heterocycles. The smallest absolute Gasteiger partial charge is 0.188 e. The third-order valence-electron chi connectivity index (χ3n) is 3.44. The van der Waals surface area contributed by atoms with Gasteiger partial charge in [-0.05, 0) is 11.7 Å². The fraction of sp³-hybridized carbons (Fsp3) is 0.0476. The molecule has 0 aliphatic heterocycles. The van der Waals surface area contributed by atoms with E-state index < -0.39 is 0 Å². The van der Waals surface area contributed by atoms with Gasteiger partial charge in [0.15, 0.2) is 0 Å². The SMILES string of the molecule is [Li+].[Li+].c1ccc([CH-]P([CH-]c2ccccc2)Cc2ccccc2)cc1. The van der Waals surface area contributed by atoms with Crippen LogP contribution < -0.4 is 37.7 Å². The second kappa shape index (κ2) is 11.6. The van der Waals surface area contributed by atoms with Crippen molar-refractivity contribution in [3.63, 3.8) is 0 Å². The van der Waals surface area contributed by atoms with Gasteiger partial charge in [0.25, 0.3) is 0 Å². The maximum atomic E-state index is 2.41. The predicted molar refractivity (Wildman–Crippen MR) is 96.8 cm³/mol. The minimum absolute atomic E-state index is 0. The fourth-order valence-corrected chi connectivity index (χ4v) is 4.38. The van der Waals surface area contributed by atoms with Crippen LogP contribution in [0.2, 0.25) is 0 Å². The van der Waals surface area contributed by atoms with Gasteiger partial charge < -0.3 is 0 Å². The first-order valence-electron chi connectivity index (χ1n) is 7.50. The number of hydrogen-bond acceptors (Lipinski definition) is 0. The summed E-state index contributed by atoms with van der Waals surface area (Å²) in [5.74, 6) is 0. The molecule has 0 saturated heterocycles. The van der Waals surface area contributed by atoms with Crippen LogP contribution in [0.1, 0.15) is 16.7 Å². The van der Waals surface area contributed by atoms with Crippen molar-refractivity contribution in [3.05, 3.63) is 120 Å². The Labute approximate surface area is 171 Å². The van der Waals surface area contributed by atoms with Crippen LogP contribution in [0.15, 0.2) is 91.0 Å². The standard InChI is InChI=1S/C21H19P.2Li/c1-4-10-19(11-5-1)16-22(17-20-12-6-2-7-13-20)18-21-14-8-3-9-15-21;;/h1-17H,18H2;;/q-2;2*+1. The first-order valence-corrected chi connectivity index (χ1v) is 9.16. The molecule has 0 unspecified atom stereocenters. The maximum Gasteiger partial charge on any atom is 1.00 e. The molecule has 110 valence electrons. The zero-order valence-corrected chi connectivity index (χ0v) is 15.4. The van der Waals surface area contributed by atoms with E-state index in [9.17, 15) is 0 Å². The monoisotopic (exact) mass is 316 g/mol. The quantitative estimate of drug-likeness (QED) is 0.344. The minimum atomic E-state index is -0.340. The molecule has 0 radical (unpaired) electrons. The van der Waals surface area contributed by atoms with Crippen LogP contribution in [0.4, 0.5) is 0 Å². The largest absolute Gasteiger partial charge is 1.00 e. The van der Waals surface area contributed by atoms with Gasteiger partial charge in [0.2, 0.25) is 0 Å². The van der Waals surface area contributed by atoms with Crippen LogP contribution in [-0.4, -0.2) is 0 Å². The second-order valence-electron chi connectivity index (χ2n) is 5.24. The zero-order valence-electron chi connectivity index (χ0n) is 14.5. The molecule has 0 atom stereocenters. The molecule has 0 aliphatic rings. The predicted octanol–water partition coefficient (Wildman–Crippen LogP) is 0.0967. The van der Waals surface area contributed by atoms with Crippen molar-refractivity contribution in [2.24, 2.45) is 0 Å². The molecule has 0 aliphatic carbocycles. The van der Waals surface area contributed by atoms with Gasteiger partial charge in [-0.25, -0.2) is 0 Å². The minimum Gasteiger partial charge on any atom is -0.188 e. The van der Waals surface area contributed by atoms with E-state index in [4.69, 9.17) is 0 Å². The Bertz CT molecular complexity index is 573. The van der Waals surface area contributed by atoms with Crippen molar-refractivity contribution in [2.75, 3.05) is 0 Å². The van der Waals surface area contributed by atoms with Gasteiger partial charge in [-0.3, -0.25) is 0 Å². The molecule has 0 aromatic heterocycles. The van der Waals surface area contributed by atoms with Crippen LogP contribution in [0, 0.1) is 12.3 Å². The van der Waals surface area contributed by atoms with Crippen LogP contribution in [0.5, 0.6) is 0 Å². The zero-order chi connectivity index (χ0) is 15.0. The van der Waals surface area contributed by atoms with Crippen molar-refractivity contribution in [3.8, 4) is 0 Å².